The Morgan fingerprint density at radius 3 is 2.79 bits per heavy atom. The van der Waals surface area contributed by atoms with E-state index in [1.54, 1.807) is 0 Å². The zero-order chi connectivity index (χ0) is 16.5. The number of rotatable bonds is 3. The van der Waals surface area contributed by atoms with Gasteiger partial charge in [0.05, 0.1) is 17.6 Å². The topological polar surface area (TPSA) is 37.6 Å². The van der Waals surface area contributed by atoms with Crippen LogP contribution in [0.2, 0.25) is 0 Å². The van der Waals surface area contributed by atoms with Gasteiger partial charge in [-0.1, -0.05) is 36.4 Å². The maximum Gasteiger partial charge on any atom is 0.227 e. The lowest BCUT2D eigenvalue weighted by Gasteiger charge is -2.16. The van der Waals surface area contributed by atoms with Crippen molar-refractivity contribution in [1.29, 1.82) is 0 Å². The van der Waals surface area contributed by atoms with Crippen molar-refractivity contribution in [2.45, 2.75) is 25.7 Å². The average molecular weight is 319 g/mol. The number of nitrogens with zero attached hydrogens (tertiary/aromatic N) is 3. The van der Waals surface area contributed by atoms with Crippen molar-refractivity contribution < 1.29 is 4.79 Å². The summed E-state index contributed by atoms with van der Waals surface area (Å²) in [5.74, 6) is 1.55. The molecule has 24 heavy (non-hydrogen) atoms. The van der Waals surface area contributed by atoms with E-state index in [1.165, 1.54) is 0 Å². The second kappa shape index (κ2) is 6.11. The van der Waals surface area contributed by atoms with Crippen LogP contribution in [0.15, 0.2) is 54.7 Å². The smallest absolute Gasteiger partial charge is 0.227 e. The average Bonchev–Trinajstić information content (AvgIpc) is 3.21. The highest BCUT2D eigenvalue weighted by atomic mass is 16.2. The van der Waals surface area contributed by atoms with E-state index in [-0.39, 0.29) is 5.91 Å². The number of likely N-dealkylation sites (tertiary alicyclic amines) is 1. The summed E-state index contributed by atoms with van der Waals surface area (Å²) in [6.07, 6.45) is 3.52. The molecule has 0 spiro atoms. The van der Waals surface area contributed by atoms with Crippen LogP contribution in [0.3, 0.4) is 0 Å². The van der Waals surface area contributed by atoms with Gasteiger partial charge in [0.25, 0.3) is 0 Å². The monoisotopic (exact) mass is 319 g/mol. The molecule has 1 amide bonds. The van der Waals surface area contributed by atoms with E-state index in [9.17, 15) is 4.79 Å². The SMILES string of the molecule is Cc1nc(C2CCN(C(=O)Cc3ccccc3)C2)c2ccccn12. The minimum absolute atomic E-state index is 0.212. The highest BCUT2D eigenvalue weighted by Crippen LogP contribution is 2.30. The summed E-state index contributed by atoms with van der Waals surface area (Å²) < 4.78 is 2.13. The van der Waals surface area contributed by atoms with Crippen molar-refractivity contribution >= 4 is 11.4 Å². The van der Waals surface area contributed by atoms with E-state index in [2.05, 4.69) is 16.7 Å². The molecule has 0 bridgehead atoms. The summed E-state index contributed by atoms with van der Waals surface area (Å²) in [5.41, 5.74) is 3.37. The first kappa shape index (κ1) is 14.9. The van der Waals surface area contributed by atoms with Crippen LogP contribution in [0.5, 0.6) is 0 Å². The Bertz CT molecular complexity index is 869. The van der Waals surface area contributed by atoms with Crippen LogP contribution in [0.4, 0.5) is 0 Å². The Morgan fingerprint density at radius 2 is 1.96 bits per heavy atom. The van der Waals surface area contributed by atoms with Gasteiger partial charge in [-0.05, 0) is 31.0 Å². The molecule has 1 atom stereocenters. The number of carbonyl (C=O) groups is 1. The molecule has 0 aliphatic carbocycles. The van der Waals surface area contributed by atoms with Gasteiger partial charge in [-0.15, -0.1) is 0 Å². The number of fused-ring (bicyclic) bond motifs is 1. The lowest BCUT2D eigenvalue weighted by atomic mass is 10.0. The predicted molar refractivity (Wildman–Crippen MR) is 94.0 cm³/mol. The quantitative estimate of drug-likeness (QED) is 0.743. The van der Waals surface area contributed by atoms with E-state index < -0.39 is 0 Å². The highest BCUT2D eigenvalue weighted by molar-refractivity contribution is 5.79. The summed E-state index contributed by atoms with van der Waals surface area (Å²) in [6, 6.07) is 16.2. The predicted octanol–water partition coefficient (Wildman–Crippen LogP) is 3.20. The van der Waals surface area contributed by atoms with Gasteiger partial charge in [0, 0.05) is 25.2 Å². The number of hydrogen-bond acceptors (Lipinski definition) is 2. The molecule has 122 valence electrons. The molecule has 1 unspecified atom stereocenters. The Balaban J connectivity index is 1.51. The van der Waals surface area contributed by atoms with Crippen molar-refractivity contribution in [1.82, 2.24) is 14.3 Å². The van der Waals surface area contributed by atoms with E-state index >= 15 is 0 Å². The maximum absolute atomic E-state index is 12.6. The molecule has 2 aromatic heterocycles. The van der Waals surface area contributed by atoms with Crippen molar-refractivity contribution in [3.63, 3.8) is 0 Å². The normalized spacial score (nSPS) is 17.5. The summed E-state index contributed by atoms with van der Waals surface area (Å²) in [5, 5.41) is 0. The number of aromatic nitrogens is 2. The molecule has 3 heterocycles. The fourth-order valence-electron chi connectivity index (χ4n) is 3.61. The molecule has 4 heteroatoms. The number of amides is 1. The third-order valence-electron chi connectivity index (χ3n) is 4.88. The van der Waals surface area contributed by atoms with Gasteiger partial charge < -0.3 is 9.30 Å². The maximum atomic E-state index is 12.6. The zero-order valence-electron chi connectivity index (χ0n) is 13.9. The number of hydrogen-bond donors (Lipinski definition) is 0. The molecule has 1 saturated heterocycles. The van der Waals surface area contributed by atoms with E-state index in [0.717, 1.165) is 42.1 Å². The summed E-state index contributed by atoms with van der Waals surface area (Å²) in [7, 11) is 0. The molecular weight excluding hydrogens is 298 g/mol. The molecule has 1 fully saturated rings. The largest absolute Gasteiger partial charge is 0.342 e. The summed E-state index contributed by atoms with van der Waals surface area (Å²) >= 11 is 0. The zero-order valence-corrected chi connectivity index (χ0v) is 13.9. The molecular formula is C20H21N3O. The Kier molecular flexibility index (Phi) is 3.81. The van der Waals surface area contributed by atoms with Gasteiger partial charge in [0.2, 0.25) is 5.91 Å². The van der Waals surface area contributed by atoms with Crippen molar-refractivity contribution in [2.24, 2.45) is 0 Å². The van der Waals surface area contributed by atoms with Crippen LogP contribution in [-0.4, -0.2) is 33.3 Å². The summed E-state index contributed by atoms with van der Waals surface area (Å²) in [6.45, 7) is 3.62. The van der Waals surface area contributed by atoms with Gasteiger partial charge in [0.15, 0.2) is 0 Å². The van der Waals surface area contributed by atoms with Crippen molar-refractivity contribution in [2.75, 3.05) is 13.1 Å². The van der Waals surface area contributed by atoms with Crippen LogP contribution in [-0.2, 0) is 11.2 Å². The van der Waals surface area contributed by atoms with E-state index in [1.807, 2.05) is 54.3 Å². The number of pyridine rings is 1. The number of carbonyl (C=O) groups excluding carboxylic acids is 1. The summed E-state index contributed by atoms with van der Waals surface area (Å²) in [4.78, 5) is 19.3. The second-order valence-corrected chi connectivity index (χ2v) is 6.49. The second-order valence-electron chi connectivity index (χ2n) is 6.49. The molecule has 0 saturated carbocycles. The fraction of sp³-hybridized carbons (Fsp3) is 0.300. The number of benzene rings is 1. The van der Waals surface area contributed by atoms with Crippen molar-refractivity contribution in [3.05, 3.63) is 71.8 Å². The van der Waals surface area contributed by atoms with Gasteiger partial charge in [0.1, 0.15) is 5.82 Å². The molecule has 4 rings (SSSR count). The van der Waals surface area contributed by atoms with Crippen LogP contribution >= 0.6 is 0 Å². The minimum atomic E-state index is 0.212. The van der Waals surface area contributed by atoms with Crippen LogP contribution in [0, 0.1) is 6.92 Å². The molecule has 1 aromatic carbocycles. The molecule has 0 N–H and O–H groups in total. The van der Waals surface area contributed by atoms with E-state index in [4.69, 9.17) is 4.98 Å². The van der Waals surface area contributed by atoms with Gasteiger partial charge in [-0.3, -0.25) is 4.79 Å². The lowest BCUT2D eigenvalue weighted by Crippen LogP contribution is -2.29. The fourth-order valence-corrected chi connectivity index (χ4v) is 3.61. The third-order valence-corrected chi connectivity index (χ3v) is 4.88. The molecule has 4 nitrogen and oxygen atoms in total. The third kappa shape index (κ3) is 2.68. The first-order valence-electron chi connectivity index (χ1n) is 8.47. The van der Waals surface area contributed by atoms with Crippen molar-refractivity contribution in [3.8, 4) is 0 Å². The van der Waals surface area contributed by atoms with E-state index in [0.29, 0.717) is 12.3 Å². The Hall–Kier alpha value is -2.62. The molecule has 1 aliphatic rings. The lowest BCUT2D eigenvalue weighted by molar-refractivity contribution is -0.129. The number of aryl methyl sites for hydroxylation is 1. The van der Waals surface area contributed by atoms with Crippen LogP contribution in [0.1, 0.15) is 29.4 Å². The number of imidazole rings is 1. The Labute approximate surface area is 141 Å². The first-order chi connectivity index (χ1) is 11.7. The van der Waals surface area contributed by atoms with Crippen LogP contribution in [0.25, 0.3) is 5.52 Å². The standard InChI is InChI=1S/C20H21N3O/c1-15-21-20(18-9-5-6-11-23(15)18)17-10-12-22(14-17)19(24)13-16-7-3-2-4-8-16/h2-9,11,17H,10,12-14H2,1H3. The molecule has 3 aromatic rings. The van der Waals surface area contributed by atoms with Gasteiger partial charge >= 0.3 is 0 Å². The minimum Gasteiger partial charge on any atom is -0.342 e. The highest BCUT2D eigenvalue weighted by Gasteiger charge is 2.30. The first-order valence-corrected chi connectivity index (χ1v) is 8.47. The molecule has 0 radical (unpaired) electrons. The van der Waals surface area contributed by atoms with Gasteiger partial charge in [-0.25, -0.2) is 4.98 Å². The van der Waals surface area contributed by atoms with Gasteiger partial charge in [-0.2, -0.15) is 0 Å². The van der Waals surface area contributed by atoms with Crippen LogP contribution < -0.4 is 0 Å². The Morgan fingerprint density at radius 1 is 1.17 bits per heavy atom. The molecule has 1 aliphatic heterocycles.